The summed E-state index contributed by atoms with van der Waals surface area (Å²) in [5.74, 6) is -2.89. The van der Waals surface area contributed by atoms with E-state index < -0.39 is 54.6 Å². The van der Waals surface area contributed by atoms with Gasteiger partial charge in [-0.3, -0.25) is 4.79 Å². The number of carboxylic acids is 1. The third-order valence-corrected chi connectivity index (χ3v) is 3.10. The van der Waals surface area contributed by atoms with Crippen molar-refractivity contribution >= 4 is 17.8 Å². The van der Waals surface area contributed by atoms with Crippen molar-refractivity contribution in [1.82, 2.24) is 5.32 Å². The molecule has 0 bridgehead atoms. The average molecular weight is 350 g/mol. The minimum atomic E-state index is -1.70. The number of nitrogens with two attached hydrogens (primary N) is 2. The molecule has 138 valence electrons. The molecule has 1 aliphatic heterocycles. The highest BCUT2D eigenvalue weighted by Gasteiger charge is 2.43. The Hall–Kier alpha value is -2.41. The number of nitrogens with zero attached hydrogens (tertiary/aromatic N) is 1. The van der Waals surface area contributed by atoms with Gasteiger partial charge in [0.15, 0.2) is 5.96 Å². The van der Waals surface area contributed by atoms with E-state index in [2.05, 4.69) is 10.3 Å². The second kappa shape index (κ2) is 9.02. The smallest absolute Gasteiger partial charge is 0.370 e. The number of aliphatic hydroxyl groups is 3. The van der Waals surface area contributed by atoms with Crippen LogP contribution in [0.2, 0.25) is 0 Å². The molecular formula is C12H22N4O8. The lowest BCUT2D eigenvalue weighted by molar-refractivity contribution is -0.145. The van der Waals surface area contributed by atoms with E-state index in [1.54, 1.807) is 0 Å². The van der Waals surface area contributed by atoms with Crippen molar-refractivity contribution in [3.05, 3.63) is 11.8 Å². The molecule has 0 aromatic rings. The highest BCUT2D eigenvalue weighted by Crippen LogP contribution is 2.24. The van der Waals surface area contributed by atoms with E-state index in [0.717, 1.165) is 6.08 Å². The maximum absolute atomic E-state index is 11.4. The molecule has 1 aliphatic rings. The Bertz CT molecular complexity index is 519. The summed E-state index contributed by atoms with van der Waals surface area (Å²) in [6, 6.07) is -2.11. The second-order valence-corrected chi connectivity index (χ2v) is 4.93. The van der Waals surface area contributed by atoms with Gasteiger partial charge in [0.2, 0.25) is 11.7 Å². The van der Waals surface area contributed by atoms with Crippen LogP contribution in [0.15, 0.2) is 16.8 Å². The molecule has 0 aromatic heterocycles. The largest absolute Gasteiger partial charge is 0.478 e. The number of carbonyl (C=O) groups excluding carboxylic acids is 1. The molecule has 0 aromatic carbocycles. The van der Waals surface area contributed by atoms with Crippen LogP contribution in [0.4, 0.5) is 0 Å². The summed E-state index contributed by atoms with van der Waals surface area (Å²) in [5.41, 5.74) is 10.6. The van der Waals surface area contributed by atoms with E-state index in [1.165, 1.54) is 6.92 Å². The van der Waals surface area contributed by atoms with Crippen molar-refractivity contribution in [1.29, 1.82) is 0 Å². The standard InChI is InChI=1S/C12H20N4O7.H2O/c1-4(18)15-8-5(16-12(13)14)2-7(11(21)22)23-10(8)9(20)6(19)3-17;/h2,5-6,8-10,17,19-20H,3H2,1H3,(H,15,18)(H,21,22)(H4,13,14,16);1H2/t5-,6?,8+,9?,10+;/m0./s1. The van der Waals surface area contributed by atoms with Gasteiger partial charge >= 0.3 is 5.97 Å². The summed E-state index contributed by atoms with van der Waals surface area (Å²) < 4.78 is 5.13. The Labute approximate surface area is 136 Å². The van der Waals surface area contributed by atoms with Gasteiger partial charge in [-0.15, -0.1) is 0 Å². The Morgan fingerprint density at radius 1 is 1.42 bits per heavy atom. The van der Waals surface area contributed by atoms with Crippen molar-refractivity contribution < 1.29 is 40.2 Å². The van der Waals surface area contributed by atoms with Crippen molar-refractivity contribution in [3.63, 3.8) is 0 Å². The first-order valence-electron chi connectivity index (χ1n) is 6.62. The maximum Gasteiger partial charge on any atom is 0.370 e. The van der Waals surface area contributed by atoms with Gasteiger partial charge in [0.25, 0.3) is 0 Å². The van der Waals surface area contributed by atoms with Gasteiger partial charge in [0, 0.05) is 6.92 Å². The Balaban J connectivity index is 0.00000529. The number of hydrogen-bond acceptors (Lipinski definition) is 7. The zero-order chi connectivity index (χ0) is 17.7. The molecule has 11 N–H and O–H groups in total. The van der Waals surface area contributed by atoms with Crippen molar-refractivity contribution in [2.75, 3.05) is 6.61 Å². The molecule has 0 radical (unpaired) electrons. The zero-order valence-electron chi connectivity index (χ0n) is 12.8. The first-order valence-corrected chi connectivity index (χ1v) is 6.62. The van der Waals surface area contributed by atoms with Crippen molar-refractivity contribution in [2.24, 2.45) is 16.5 Å². The molecule has 1 amide bonds. The van der Waals surface area contributed by atoms with Crippen LogP contribution in [-0.2, 0) is 14.3 Å². The number of guanidine groups is 1. The monoisotopic (exact) mass is 350 g/mol. The number of nitrogens with one attached hydrogen (secondary N) is 1. The number of carbonyl (C=O) groups is 2. The normalized spacial score (nSPS) is 25.2. The lowest BCUT2D eigenvalue weighted by atomic mass is 9.92. The summed E-state index contributed by atoms with van der Waals surface area (Å²) in [6.07, 6.45) is -3.65. The van der Waals surface area contributed by atoms with Gasteiger partial charge < -0.3 is 47.4 Å². The maximum atomic E-state index is 11.4. The lowest BCUT2D eigenvalue weighted by Gasteiger charge is -2.38. The van der Waals surface area contributed by atoms with Crippen LogP contribution in [-0.4, -0.2) is 80.7 Å². The minimum absolute atomic E-state index is 0. The number of ether oxygens (including phenoxy) is 1. The fraction of sp³-hybridized carbons (Fsp3) is 0.583. The molecule has 0 fully saturated rings. The molecular weight excluding hydrogens is 328 g/mol. The lowest BCUT2D eigenvalue weighted by Crippen LogP contribution is -2.59. The molecule has 12 heteroatoms. The van der Waals surface area contributed by atoms with Crippen molar-refractivity contribution in [2.45, 2.75) is 37.3 Å². The average Bonchev–Trinajstić information content (AvgIpc) is 2.45. The zero-order valence-corrected chi connectivity index (χ0v) is 12.8. The first kappa shape index (κ1) is 21.6. The summed E-state index contributed by atoms with van der Waals surface area (Å²) in [5, 5.41) is 40.1. The Morgan fingerprint density at radius 3 is 2.42 bits per heavy atom. The first-order chi connectivity index (χ1) is 10.7. The third kappa shape index (κ3) is 5.34. The van der Waals surface area contributed by atoms with Crippen LogP contribution in [0.25, 0.3) is 0 Å². The molecule has 0 saturated carbocycles. The highest BCUT2D eigenvalue weighted by atomic mass is 16.5. The summed E-state index contributed by atoms with van der Waals surface area (Å²) >= 11 is 0. The van der Waals surface area contributed by atoms with Gasteiger partial charge in [-0.05, 0) is 6.08 Å². The van der Waals surface area contributed by atoms with Gasteiger partial charge in [-0.1, -0.05) is 0 Å². The summed E-state index contributed by atoms with van der Waals surface area (Å²) in [7, 11) is 0. The molecule has 0 spiro atoms. The molecule has 1 rings (SSSR count). The quantitative estimate of drug-likeness (QED) is 0.180. The van der Waals surface area contributed by atoms with Crippen LogP contribution >= 0.6 is 0 Å². The Kier molecular flexibility index (Phi) is 8.12. The molecule has 2 unspecified atom stereocenters. The molecule has 1 heterocycles. The second-order valence-electron chi connectivity index (χ2n) is 4.93. The third-order valence-electron chi connectivity index (χ3n) is 3.10. The van der Waals surface area contributed by atoms with Crippen LogP contribution in [0, 0.1) is 0 Å². The van der Waals surface area contributed by atoms with E-state index in [1.807, 2.05) is 0 Å². The van der Waals surface area contributed by atoms with Gasteiger partial charge in [-0.25, -0.2) is 9.79 Å². The van der Waals surface area contributed by atoms with E-state index in [4.69, 9.17) is 26.4 Å². The number of rotatable bonds is 6. The van der Waals surface area contributed by atoms with E-state index in [0.29, 0.717) is 0 Å². The molecule has 0 saturated heterocycles. The van der Waals surface area contributed by atoms with Gasteiger partial charge in [-0.2, -0.15) is 0 Å². The van der Waals surface area contributed by atoms with Crippen LogP contribution < -0.4 is 16.8 Å². The number of aliphatic hydroxyl groups excluding tert-OH is 3. The van der Waals surface area contributed by atoms with Crippen LogP contribution in [0.5, 0.6) is 0 Å². The number of aliphatic imine (C=N–C) groups is 1. The highest BCUT2D eigenvalue weighted by molar-refractivity contribution is 5.85. The number of amides is 1. The van der Waals surface area contributed by atoms with E-state index in [9.17, 15) is 19.8 Å². The van der Waals surface area contributed by atoms with Gasteiger partial charge in [0.05, 0.1) is 18.7 Å². The van der Waals surface area contributed by atoms with Crippen molar-refractivity contribution in [3.8, 4) is 0 Å². The number of aliphatic carboxylic acids is 1. The predicted octanol–water partition coefficient (Wildman–Crippen LogP) is -4.61. The fourth-order valence-corrected chi connectivity index (χ4v) is 2.14. The minimum Gasteiger partial charge on any atom is -0.478 e. The summed E-state index contributed by atoms with van der Waals surface area (Å²) in [6.45, 7) is 0.391. The van der Waals surface area contributed by atoms with E-state index >= 15 is 0 Å². The van der Waals surface area contributed by atoms with Crippen LogP contribution in [0.3, 0.4) is 0 Å². The molecule has 5 atom stereocenters. The van der Waals surface area contributed by atoms with Crippen LogP contribution in [0.1, 0.15) is 6.92 Å². The molecule has 24 heavy (non-hydrogen) atoms. The summed E-state index contributed by atoms with van der Waals surface area (Å²) in [4.78, 5) is 26.3. The van der Waals surface area contributed by atoms with E-state index in [-0.39, 0.29) is 11.4 Å². The Morgan fingerprint density at radius 2 is 2.00 bits per heavy atom. The molecule has 12 nitrogen and oxygen atoms in total. The number of carboxylic acid groups (broad SMARTS) is 1. The topological polar surface area (TPSA) is 232 Å². The molecule has 0 aliphatic carbocycles. The predicted molar refractivity (Wildman–Crippen MR) is 80.5 cm³/mol. The van der Waals surface area contributed by atoms with Gasteiger partial charge in [0.1, 0.15) is 18.3 Å². The SMILES string of the molecule is CC(=O)N[C@@H]1[C@@H](N=C(N)N)C=C(C(=O)O)O[C@H]1C(O)C(O)CO.O. The fourth-order valence-electron chi connectivity index (χ4n) is 2.14. The number of hydrogen-bond donors (Lipinski definition) is 7.